The third-order valence-electron chi connectivity index (χ3n) is 2.41. The van der Waals surface area contributed by atoms with E-state index in [0.717, 1.165) is 0 Å². The number of hydrogen-bond donors (Lipinski definition) is 1. The van der Waals surface area contributed by atoms with Crippen molar-refractivity contribution < 1.29 is 14.3 Å². The van der Waals surface area contributed by atoms with Gasteiger partial charge in [-0.05, 0) is 12.1 Å². The van der Waals surface area contributed by atoms with Gasteiger partial charge >= 0.3 is 5.97 Å². The summed E-state index contributed by atoms with van der Waals surface area (Å²) in [5, 5.41) is 17.4. The van der Waals surface area contributed by atoms with E-state index in [4.69, 9.17) is 10.4 Å². The van der Waals surface area contributed by atoms with Crippen molar-refractivity contribution in [3.8, 4) is 17.2 Å². The summed E-state index contributed by atoms with van der Waals surface area (Å²) in [7, 11) is 0. The van der Waals surface area contributed by atoms with Crippen molar-refractivity contribution in [3.63, 3.8) is 0 Å². The average Bonchev–Trinajstić information content (AvgIpc) is 2.39. The van der Waals surface area contributed by atoms with Crippen LogP contribution in [0.15, 0.2) is 36.5 Å². The molecule has 1 heterocycles. The molecule has 0 bridgehead atoms. The maximum absolute atomic E-state index is 13.9. The molecule has 88 valence electrons. The largest absolute Gasteiger partial charge is 0.477 e. The zero-order chi connectivity index (χ0) is 13.1. The topological polar surface area (TPSA) is 74.0 Å². The molecule has 1 aromatic heterocycles. The first-order chi connectivity index (χ1) is 8.63. The number of carboxylic acids is 1. The summed E-state index contributed by atoms with van der Waals surface area (Å²) >= 11 is 0. The quantitative estimate of drug-likeness (QED) is 0.877. The first-order valence-electron chi connectivity index (χ1n) is 5.02. The second-order valence-corrected chi connectivity index (χ2v) is 3.52. The van der Waals surface area contributed by atoms with Crippen molar-refractivity contribution in [2.75, 3.05) is 0 Å². The molecule has 0 fully saturated rings. The third-order valence-corrected chi connectivity index (χ3v) is 2.41. The highest BCUT2D eigenvalue weighted by atomic mass is 19.1. The van der Waals surface area contributed by atoms with Gasteiger partial charge in [0.1, 0.15) is 17.6 Å². The van der Waals surface area contributed by atoms with Gasteiger partial charge in [0.25, 0.3) is 0 Å². The lowest BCUT2D eigenvalue weighted by molar-refractivity contribution is 0.0690. The van der Waals surface area contributed by atoms with Gasteiger partial charge in [0.15, 0.2) is 0 Å². The van der Waals surface area contributed by atoms with Gasteiger partial charge in [0, 0.05) is 17.3 Å². The summed E-state index contributed by atoms with van der Waals surface area (Å²) in [6.07, 6.45) is 1.27. The lowest BCUT2D eigenvalue weighted by atomic mass is 10.0. The number of pyridine rings is 1. The highest BCUT2D eigenvalue weighted by Gasteiger charge is 2.11. The number of aromatic nitrogens is 1. The number of carboxylic acid groups (broad SMARTS) is 1. The molecule has 5 heteroatoms. The number of rotatable bonds is 2. The Morgan fingerprint density at radius 1 is 1.33 bits per heavy atom. The van der Waals surface area contributed by atoms with Gasteiger partial charge in [-0.25, -0.2) is 14.2 Å². The van der Waals surface area contributed by atoms with Crippen molar-refractivity contribution in [2.45, 2.75) is 0 Å². The van der Waals surface area contributed by atoms with Gasteiger partial charge in [-0.15, -0.1) is 0 Å². The third kappa shape index (κ3) is 2.04. The monoisotopic (exact) mass is 242 g/mol. The molecular weight excluding hydrogens is 235 g/mol. The van der Waals surface area contributed by atoms with E-state index in [1.54, 1.807) is 12.1 Å². The zero-order valence-electron chi connectivity index (χ0n) is 9.09. The van der Waals surface area contributed by atoms with Gasteiger partial charge in [0.2, 0.25) is 0 Å². The van der Waals surface area contributed by atoms with Gasteiger partial charge in [-0.2, -0.15) is 5.26 Å². The maximum atomic E-state index is 13.9. The molecule has 2 aromatic rings. The van der Waals surface area contributed by atoms with Crippen molar-refractivity contribution in [2.24, 2.45) is 0 Å². The summed E-state index contributed by atoms with van der Waals surface area (Å²) in [6, 6.07) is 8.93. The second kappa shape index (κ2) is 4.63. The number of benzene rings is 1. The highest BCUT2D eigenvalue weighted by molar-refractivity contribution is 5.85. The van der Waals surface area contributed by atoms with Gasteiger partial charge in [0.05, 0.1) is 5.56 Å². The van der Waals surface area contributed by atoms with Gasteiger partial charge < -0.3 is 5.11 Å². The zero-order valence-corrected chi connectivity index (χ0v) is 9.09. The number of hydrogen-bond acceptors (Lipinski definition) is 3. The van der Waals surface area contributed by atoms with Crippen LogP contribution in [0.1, 0.15) is 16.1 Å². The Labute approximate surface area is 102 Å². The Hall–Kier alpha value is -2.74. The molecule has 4 nitrogen and oxygen atoms in total. The Kier molecular flexibility index (Phi) is 3.02. The van der Waals surface area contributed by atoms with Crippen molar-refractivity contribution in [3.05, 3.63) is 53.6 Å². The molecule has 0 saturated carbocycles. The molecule has 0 aliphatic carbocycles. The molecule has 0 aliphatic rings. The molecule has 0 spiro atoms. The fourth-order valence-corrected chi connectivity index (χ4v) is 1.52. The van der Waals surface area contributed by atoms with Crippen LogP contribution in [0.25, 0.3) is 11.1 Å². The number of nitrogens with zero attached hydrogens (tertiary/aromatic N) is 2. The number of halogens is 1. The minimum Gasteiger partial charge on any atom is -0.477 e. The molecule has 18 heavy (non-hydrogen) atoms. The Morgan fingerprint density at radius 2 is 2.11 bits per heavy atom. The van der Waals surface area contributed by atoms with Gasteiger partial charge in [-0.1, -0.05) is 18.2 Å². The smallest absolute Gasteiger partial charge is 0.354 e. The molecule has 0 amide bonds. The van der Waals surface area contributed by atoms with E-state index in [0.29, 0.717) is 5.56 Å². The summed E-state index contributed by atoms with van der Waals surface area (Å²) in [6.45, 7) is 0. The standard InChI is InChI=1S/C13H7FN2O2/c14-12-8(6-15)2-1-3-10(12)9-4-5-11(13(17)18)16-7-9/h1-5,7H,(H,17,18). The van der Waals surface area contributed by atoms with Gasteiger partial charge in [-0.3, -0.25) is 0 Å². The van der Waals surface area contributed by atoms with Crippen LogP contribution in [-0.4, -0.2) is 16.1 Å². The van der Waals surface area contributed by atoms with E-state index >= 15 is 0 Å². The van der Waals surface area contributed by atoms with Crippen LogP contribution < -0.4 is 0 Å². The van der Waals surface area contributed by atoms with Crippen LogP contribution >= 0.6 is 0 Å². The van der Waals surface area contributed by atoms with Crippen LogP contribution in [0.4, 0.5) is 4.39 Å². The predicted octanol–water partition coefficient (Wildman–Crippen LogP) is 2.46. The molecule has 1 aromatic carbocycles. The maximum Gasteiger partial charge on any atom is 0.354 e. The van der Waals surface area contributed by atoms with E-state index in [-0.39, 0.29) is 16.8 Å². The predicted molar refractivity (Wildman–Crippen MR) is 61.3 cm³/mol. The molecule has 2 rings (SSSR count). The minimum absolute atomic E-state index is 0.0604. The van der Waals surface area contributed by atoms with Crippen molar-refractivity contribution in [1.29, 1.82) is 5.26 Å². The SMILES string of the molecule is N#Cc1cccc(-c2ccc(C(=O)O)nc2)c1F. The minimum atomic E-state index is -1.15. The summed E-state index contributed by atoms with van der Waals surface area (Å²) in [5.74, 6) is -1.78. The van der Waals surface area contributed by atoms with E-state index in [2.05, 4.69) is 4.98 Å². The molecular formula is C13H7FN2O2. The Morgan fingerprint density at radius 3 is 2.67 bits per heavy atom. The van der Waals surface area contributed by atoms with E-state index in [9.17, 15) is 9.18 Å². The number of carbonyl (C=O) groups is 1. The molecule has 0 atom stereocenters. The molecule has 0 saturated heterocycles. The summed E-state index contributed by atoms with van der Waals surface area (Å²) in [4.78, 5) is 14.3. The van der Waals surface area contributed by atoms with Crippen molar-refractivity contribution >= 4 is 5.97 Å². The van der Waals surface area contributed by atoms with E-state index < -0.39 is 11.8 Å². The van der Waals surface area contributed by atoms with Crippen LogP contribution in [0, 0.1) is 17.1 Å². The fraction of sp³-hybridized carbons (Fsp3) is 0. The molecule has 0 unspecified atom stereocenters. The first-order valence-corrected chi connectivity index (χ1v) is 5.02. The van der Waals surface area contributed by atoms with Crippen molar-refractivity contribution in [1.82, 2.24) is 4.98 Å². The molecule has 1 N–H and O–H groups in total. The Bertz CT molecular complexity index is 645. The number of nitriles is 1. The second-order valence-electron chi connectivity index (χ2n) is 3.52. The van der Waals surface area contributed by atoms with Crippen LogP contribution in [-0.2, 0) is 0 Å². The molecule has 0 aliphatic heterocycles. The first kappa shape index (κ1) is 11.7. The average molecular weight is 242 g/mol. The van der Waals surface area contributed by atoms with E-state index in [1.165, 1.54) is 30.5 Å². The summed E-state index contributed by atoms with van der Waals surface area (Å²) in [5.41, 5.74) is 0.471. The molecule has 0 radical (unpaired) electrons. The summed E-state index contributed by atoms with van der Waals surface area (Å²) < 4.78 is 13.9. The normalized spacial score (nSPS) is 9.78. The highest BCUT2D eigenvalue weighted by Crippen LogP contribution is 2.24. The fourth-order valence-electron chi connectivity index (χ4n) is 1.52. The number of aromatic carboxylic acids is 1. The van der Waals surface area contributed by atoms with Crippen LogP contribution in [0.2, 0.25) is 0 Å². The van der Waals surface area contributed by atoms with Crippen LogP contribution in [0.3, 0.4) is 0 Å². The lowest BCUT2D eigenvalue weighted by Gasteiger charge is -2.04. The van der Waals surface area contributed by atoms with E-state index in [1.807, 2.05) is 0 Å². The van der Waals surface area contributed by atoms with Crippen LogP contribution in [0.5, 0.6) is 0 Å². The Balaban J connectivity index is 2.50. The lowest BCUT2D eigenvalue weighted by Crippen LogP contribution is -1.99.